The summed E-state index contributed by atoms with van der Waals surface area (Å²) < 4.78 is 25.7. The molecule has 18 heavy (non-hydrogen) atoms. The maximum Gasteiger partial charge on any atom is 0.215 e. The topological polar surface area (TPSA) is 58.2 Å². The van der Waals surface area contributed by atoms with Gasteiger partial charge in [0.05, 0.1) is 5.75 Å². The van der Waals surface area contributed by atoms with Crippen LogP contribution in [0.2, 0.25) is 0 Å². The van der Waals surface area contributed by atoms with Crippen molar-refractivity contribution in [1.82, 2.24) is 10.0 Å². The highest BCUT2D eigenvalue weighted by atomic mass is 32.2. The van der Waals surface area contributed by atoms with Crippen LogP contribution in [0.3, 0.4) is 0 Å². The van der Waals surface area contributed by atoms with Crippen LogP contribution in [0.5, 0.6) is 0 Å². The van der Waals surface area contributed by atoms with Crippen molar-refractivity contribution < 1.29 is 8.42 Å². The monoisotopic (exact) mass is 268 g/mol. The average Bonchev–Trinajstić information content (AvgIpc) is 2.38. The van der Waals surface area contributed by atoms with Crippen molar-refractivity contribution in [3.05, 3.63) is 34.9 Å². The van der Waals surface area contributed by atoms with E-state index in [1.54, 1.807) is 0 Å². The second kappa shape index (κ2) is 5.38. The van der Waals surface area contributed by atoms with Gasteiger partial charge in [-0.15, -0.1) is 0 Å². The predicted molar refractivity (Wildman–Crippen MR) is 73.0 cm³/mol. The zero-order valence-corrected chi connectivity index (χ0v) is 11.7. The second-order valence-corrected chi connectivity index (χ2v) is 6.67. The van der Waals surface area contributed by atoms with Crippen molar-refractivity contribution in [2.75, 3.05) is 14.1 Å². The molecule has 0 spiro atoms. The first kappa shape index (κ1) is 13.5. The summed E-state index contributed by atoms with van der Waals surface area (Å²) >= 11 is 0. The minimum atomic E-state index is -3.20. The minimum absolute atomic E-state index is 0.0725. The van der Waals surface area contributed by atoms with E-state index in [-0.39, 0.29) is 5.75 Å². The molecule has 0 bridgehead atoms. The number of rotatable bonds is 4. The molecule has 0 aliphatic heterocycles. The zero-order valence-electron chi connectivity index (χ0n) is 10.9. The van der Waals surface area contributed by atoms with E-state index in [9.17, 15) is 8.42 Å². The first-order valence-corrected chi connectivity index (χ1v) is 7.89. The van der Waals surface area contributed by atoms with Gasteiger partial charge in [-0.1, -0.05) is 18.2 Å². The van der Waals surface area contributed by atoms with Crippen LogP contribution in [0.1, 0.15) is 23.1 Å². The van der Waals surface area contributed by atoms with Gasteiger partial charge in [0.1, 0.15) is 0 Å². The van der Waals surface area contributed by atoms with E-state index in [4.69, 9.17) is 0 Å². The van der Waals surface area contributed by atoms with E-state index >= 15 is 0 Å². The van der Waals surface area contributed by atoms with Crippen LogP contribution in [0.4, 0.5) is 0 Å². The number of fused-ring (bicyclic) bond motifs is 1. The van der Waals surface area contributed by atoms with Gasteiger partial charge < -0.3 is 5.32 Å². The van der Waals surface area contributed by atoms with Crippen molar-refractivity contribution in [1.29, 1.82) is 0 Å². The molecule has 2 rings (SSSR count). The first-order valence-electron chi connectivity index (χ1n) is 6.24. The summed E-state index contributed by atoms with van der Waals surface area (Å²) in [5.41, 5.74) is 3.44. The van der Waals surface area contributed by atoms with E-state index in [1.807, 2.05) is 19.2 Å². The second-order valence-electron chi connectivity index (χ2n) is 4.75. The Bertz CT molecular complexity index is 526. The number of sulfonamides is 1. The molecular weight excluding hydrogens is 248 g/mol. The molecule has 1 aliphatic rings. The summed E-state index contributed by atoms with van der Waals surface area (Å²) in [5.74, 6) is 0.0725. The lowest BCUT2D eigenvalue weighted by Gasteiger charge is -2.26. The van der Waals surface area contributed by atoms with Gasteiger partial charge in [0, 0.05) is 6.04 Å². The molecule has 2 N–H and O–H groups in total. The van der Waals surface area contributed by atoms with Crippen molar-refractivity contribution in [3.63, 3.8) is 0 Å². The Balaban J connectivity index is 2.33. The van der Waals surface area contributed by atoms with Gasteiger partial charge >= 0.3 is 0 Å². The summed E-state index contributed by atoms with van der Waals surface area (Å²) in [6, 6.07) is 6.44. The Morgan fingerprint density at radius 3 is 2.78 bits per heavy atom. The van der Waals surface area contributed by atoms with Gasteiger partial charge in [0.15, 0.2) is 0 Å². The SMILES string of the molecule is CNC1CCc2cccc(CS(=O)(=O)NC)c2C1. The number of likely N-dealkylation sites (N-methyl/N-ethyl adjacent to an activating group) is 1. The zero-order chi connectivity index (χ0) is 13.2. The molecule has 0 saturated heterocycles. The predicted octanol–water partition coefficient (Wildman–Crippen LogP) is 0.812. The molecule has 4 nitrogen and oxygen atoms in total. The Morgan fingerprint density at radius 2 is 2.11 bits per heavy atom. The van der Waals surface area contributed by atoms with Crippen molar-refractivity contribution in [2.24, 2.45) is 0 Å². The lowest BCUT2D eigenvalue weighted by Crippen LogP contribution is -2.32. The van der Waals surface area contributed by atoms with Gasteiger partial charge in [0.25, 0.3) is 0 Å². The molecule has 100 valence electrons. The van der Waals surface area contributed by atoms with E-state index in [0.717, 1.165) is 24.8 Å². The van der Waals surface area contributed by atoms with Crippen LogP contribution in [-0.4, -0.2) is 28.6 Å². The summed E-state index contributed by atoms with van der Waals surface area (Å²) in [6.07, 6.45) is 3.06. The molecule has 5 heteroatoms. The number of hydrogen-bond acceptors (Lipinski definition) is 3. The summed E-state index contributed by atoms with van der Waals surface area (Å²) in [5, 5.41) is 3.28. The molecule has 1 atom stereocenters. The van der Waals surface area contributed by atoms with E-state index in [1.165, 1.54) is 18.2 Å². The highest BCUT2D eigenvalue weighted by Crippen LogP contribution is 2.25. The number of nitrogens with one attached hydrogen (secondary N) is 2. The molecule has 1 aliphatic carbocycles. The Kier molecular flexibility index (Phi) is 4.04. The molecule has 0 heterocycles. The third-order valence-corrected chi connectivity index (χ3v) is 4.96. The number of hydrogen-bond donors (Lipinski definition) is 2. The molecular formula is C13H20N2O2S. The minimum Gasteiger partial charge on any atom is -0.317 e. The Morgan fingerprint density at radius 1 is 1.33 bits per heavy atom. The van der Waals surface area contributed by atoms with Crippen LogP contribution >= 0.6 is 0 Å². The van der Waals surface area contributed by atoms with Crippen LogP contribution in [0.25, 0.3) is 0 Å². The standard InChI is InChI=1S/C13H20N2O2S/c1-14-12-7-6-10-4-3-5-11(13(10)8-12)9-18(16,17)15-2/h3-5,12,14-15H,6-9H2,1-2H3. The maximum absolute atomic E-state index is 11.7. The highest BCUT2D eigenvalue weighted by molar-refractivity contribution is 7.88. The molecule has 0 radical (unpaired) electrons. The fraction of sp³-hybridized carbons (Fsp3) is 0.538. The fourth-order valence-electron chi connectivity index (χ4n) is 2.52. The number of benzene rings is 1. The molecule has 0 aromatic heterocycles. The largest absolute Gasteiger partial charge is 0.317 e. The molecule has 1 aromatic rings. The summed E-state index contributed by atoms with van der Waals surface area (Å²) in [4.78, 5) is 0. The lowest BCUT2D eigenvalue weighted by atomic mass is 9.86. The normalized spacial score (nSPS) is 19.6. The van der Waals surface area contributed by atoms with Crippen LogP contribution in [0.15, 0.2) is 18.2 Å². The molecule has 1 aromatic carbocycles. The Hall–Kier alpha value is -0.910. The average molecular weight is 268 g/mol. The first-order chi connectivity index (χ1) is 8.55. The van der Waals surface area contributed by atoms with Gasteiger partial charge in [-0.25, -0.2) is 13.1 Å². The molecule has 1 unspecified atom stereocenters. The third kappa shape index (κ3) is 2.91. The summed E-state index contributed by atoms with van der Waals surface area (Å²) in [6.45, 7) is 0. The van der Waals surface area contributed by atoms with Crippen molar-refractivity contribution >= 4 is 10.0 Å². The van der Waals surface area contributed by atoms with Crippen molar-refractivity contribution in [3.8, 4) is 0 Å². The summed E-state index contributed by atoms with van der Waals surface area (Å²) in [7, 11) is 0.220. The van der Waals surface area contributed by atoms with Crippen LogP contribution < -0.4 is 10.0 Å². The molecule has 0 saturated carbocycles. The fourth-order valence-corrected chi connectivity index (χ4v) is 3.35. The van der Waals surface area contributed by atoms with E-state index in [0.29, 0.717) is 6.04 Å². The maximum atomic E-state index is 11.7. The third-order valence-electron chi connectivity index (χ3n) is 3.65. The molecule has 0 amide bonds. The number of aryl methyl sites for hydroxylation is 1. The highest BCUT2D eigenvalue weighted by Gasteiger charge is 2.21. The van der Waals surface area contributed by atoms with E-state index in [2.05, 4.69) is 16.1 Å². The van der Waals surface area contributed by atoms with Gasteiger partial charge in [-0.2, -0.15) is 0 Å². The van der Waals surface area contributed by atoms with Gasteiger partial charge in [-0.05, 0) is 50.0 Å². The van der Waals surface area contributed by atoms with E-state index < -0.39 is 10.0 Å². The van der Waals surface area contributed by atoms with Crippen molar-refractivity contribution in [2.45, 2.75) is 31.1 Å². The van der Waals surface area contributed by atoms with Gasteiger partial charge in [-0.3, -0.25) is 0 Å². The smallest absolute Gasteiger partial charge is 0.215 e. The quantitative estimate of drug-likeness (QED) is 0.850. The Labute approximate surface area is 109 Å². The van der Waals surface area contributed by atoms with Gasteiger partial charge in [0.2, 0.25) is 10.0 Å². The van der Waals surface area contributed by atoms with Crippen LogP contribution in [0, 0.1) is 0 Å². The van der Waals surface area contributed by atoms with Crippen LogP contribution in [-0.2, 0) is 28.6 Å². The molecule has 0 fully saturated rings. The lowest BCUT2D eigenvalue weighted by molar-refractivity contribution is 0.494.